The summed E-state index contributed by atoms with van der Waals surface area (Å²) >= 11 is 1.70. The zero-order chi connectivity index (χ0) is 21.4. The fourth-order valence-corrected chi connectivity index (χ4v) is 5.21. The zero-order valence-electron chi connectivity index (χ0n) is 17.5. The second-order valence-electron chi connectivity index (χ2n) is 7.81. The maximum atomic E-state index is 13.0. The van der Waals surface area contributed by atoms with Gasteiger partial charge in [0, 0.05) is 58.0 Å². The average molecular weight is 430 g/mol. The number of anilines is 2. The van der Waals surface area contributed by atoms with Crippen molar-refractivity contribution < 1.29 is 4.79 Å². The summed E-state index contributed by atoms with van der Waals surface area (Å²) in [5.41, 5.74) is 6.36. The molecule has 6 nitrogen and oxygen atoms in total. The number of fused-ring (bicyclic) bond motifs is 2. The molecule has 4 aromatic heterocycles. The number of thiophene rings is 1. The highest BCUT2D eigenvalue weighted by Crippen LogP contribution is 2.31. The largest absolute Gasteiger partial charge is 0.373 e. The Bertz CT molecular complexity index is 1300. The van der Waals surface area contributed by atoms with Gasteiger partial charge < -0.3 is 10.6 Å². The van der Waals surface area contributed by atoms with E-state index in [0.717, 1.165) is 58.4 Å². The predicted molar refractivity (Wildman–Crippen MR) is 126 cm³/mol. The van der Waals surface area contributed by atoms with Crippen LogP contribution in [-0.4, -0.2) is 27.9 Å². The van der Waals surface area contributed by atoms with Gasteiger partial charge in [-0.25, -0.2) is 4.98 Å². The molecule has 31 heavy (non-hydrogen) atoms. The number of rotatable bonds is 4. The van der Waals surface area contributed by atoms with Crippen LogP contribution in [0.25, 0.3) is 22.0 Å². The zero-order valence-corrected chi connectivity index (χ0v) is 18.3. The van der Waals surface area contributed by atoms with Crippen LogP contribution < -0.4 is 10.6 Å². The number of carbonyl (C=O) groups is 1. The summed E-state index contributed by atoms with van der Waals surface area (Å²) in [4.78, 5) is 27.8. The lowest BCUT2D eigenvalue weighted by Crippen LogP contribution is -2.15. The molecule has 0 unspecified atom stereocenters. The summed E-state index contributed by atoms with van der Waals surface area (Å²) in [6.45, 7) is 1.96. The molecule has 0 bridgehead atoms. The summed E-state index contributed by atoms with van der Waals surface area (Å²) in [6, 6.07) is 5.94. The van der Waals surface area contributed by atoms with E-state index >= 15 is 0 Å². The number of carbonyl (C=O) groups excluding carboxylic acids is 1. The van der Waals surface area contributed by atoms with Crippen LogP contribution in [-0.2, 0) is 12.8 Å². The van der Waals surface area contributed by atoms with Gasteiger partial charge in [0.1, 0.15) is 5.82 Å². The van der Waals surface area contributed by atoms with Gasteiger partial charge in [-0.05, 0) is 50.3 Å². The number of pyridine rings is 3. The quantitative estimate of drug-likeness (QED) is 0.464. The Balaban J connectivity index is 1.45. The van der Waals surface area contributed by atoms with E-state index in [2.05, 4.69) is 31.7 Å². The third-order valence-electron chi connectivity index (χ3n) is 5.78. The van der Waals surface area contributed by atoms with Gasteiger partial charge in [0.05, 0.1) is 23.0 Å². The van der Waals surface area contributed by atoms with Crippen molar-refractivity contribution in [3.05, 3.63) is 63.9 Å². The summed E-state index contributed by atoms with van der Waals surface area (Å²) in [6.07, 6.45) is 9.81. The molecule has 0 saturated carbocycles. The Hall–Kier alpha value is -3.32. The molecule has 0 spiro atoms. The second-order valence-corrected chi connectivity index (χ2v) is 8.77. The van der Waals surface area contributed by atoms with Gasteiger partial charge in [-0.3, -0.25) is 14.8 Å². The predicted octanol–water partition coefficient (Wildman–Crippen LogP) is 5.23. The molecule has 1 aliphatic rings. The molecule has 0 atom stereocenters. The van der Waals surface area contributed by atoms with Crippen LogP contribution in [0.4, 0.5) is 11.5 Å². The number of aromatic nitrogens is 3. The Morgan fingerprint density at radius 1 is 1.03 bits per heavy atom. The fraction of sp³-hybridized carbons (Fsp3) is 0.250. The van der Waals surface area contributed by atoms with Gasteiger partial charge in [0.2, 0.25) is 0 Å². The first kappa shape index (κ1) is 19.6. The molecule has 0 aromatic carbocycles. The first-order chi connectivity index (χ1) is 15.1. The summed E-state index contributed by atoms with van der Waals surface area (Å²) in [7, 11) is 1.84. The summed E-state index contributed by atoms with van der Waals surface area (Å²) in [5, 5.41) is 9.03. The van der Waals surface area contributed by atoms with Crippen LogP contribution in [0.1, 0.15) is 39.3 Å². The number of amides is 1. The standard InChI is InChI=1S/C24H23N5OS/c1-14-19(15-7-16-11-28-23(25-2)9-21(16)27-10-15)8-17(12-26-14)29-24(30)20-13-31-22-6-4-3-5-18(20)22/h7-13H,3-6H2,1-2H3,(H,25,28)(H,29,30). The Morgan fingerprint density at radius 3 is 2.77 bits per heavy atom. The van der Waals surface area contributed by atoms with E-state index in [4.69, 9.17) is 0 Å². The van der Waals surface area contributed by atoms with Crippen LogP contribution in [0.2, 0.25) is 0 Å². The maximum Gasteiger partial charge on any atom is 0.256 e. The molecule has 5 rings (SSSR count). The van der Waals surface area contributed by atoms with E-state index in [0.29, 0.717) is 5.69 Å². The summed E-state index contributed by atoms with van der Waals surface area (Å²) in [5.74, 6) is 0.724. The highest BCUT2D eigenvalue weighted by molar-refractivity contribution is 7.10. The minimum absolute atomic E-state index is 0.0589. The number of aryl methyl sites for hydroxylation is 2. The Labute approximate surface area is 184 Å². The Morgan fingerprint density at radius 2 is 1.90 bits per heavy atom. The minimum atomic E-state index is -0.0589. The highest BCUT2D eigenvalue weighted by Gasteiger charge is 2.20. The molecule has 2 N–H and O–H groups in total. The monoisotopic (exact) mass is 429 g/mol. The van der Waals surface area contributed by atoms with Crippen LogP contribution >= 0.6 is 11.3 Å². The van der Waals surface area contributed by atoms with Crippen molar-refractivity contribution in [2.45, 2.75) is 32.6 Å². The average Bonchev–Trinajstić information content (AvgIpc) is 3.24. The normalized spacial score (nSPS) is 13.1. The van der Waals surface area contributed by atoms with Crippen LogP contribution in [0.15, 0.2) is 42.2 Å². The first-order valence-corrected chi connectivity index (χ1v) is 11.3. The highest BCUT2D eigenvalue weighted by atomic mass is 32.1. The van der Waals surface area contributed by atoms with E-state index in [-0.39, 0.29) is 5.91 Å². The van der Waals surface area contributed by atoms with Crippen molar-refractivity contribution in [1.82, 2.24) is 15.0 Å². The van der Waals surface area contributed by atoms with Crippen molar-refractivity contribution in [1.29, 1.82) is 0 Å². The lowest BCUT2D eigenvalue weighted by molar-refractivity contribution is 0.102. The molecule has 0 fully saturated rings. The Kier molecular flexibility index (Phi) is 5.11. The van der Waals surface area contributed by atoms with Crippen molar-refractivity contribution in [3.63, 3.8) is 0 Å². The van der Waals surface area contributed by atoms with Gasteiger partial charge in [-0.15, -0.1) is 11.3 Å². The second kappa shape index (κ2) is 8.07. The molecule has 7 heteroatoms. The van der Waals surface area contributed by atoms with Gasteiger partial charge in [-0.2, -0.15) is 0 Å². The van der Waals surface area contributed by atoms with Crippen molar-refractivity contribution in [3.8, 4) is 11.1 Å². The minimum Gasteiger partial charge on any atom is -0.373 e. The number of hydrogen-bond acceptors (Lipinski definition) is 6. The van der Waals surface area contributed by atoms with Gasteiger partial charge in [0.15, 0.2) is 0 Å². The number of hydrogen-bond donors (Lipinski definition) is 2. The molecule has 0 saturated heterocycles. The number of nitrogens with one attached hydrogen (secondary N) is 2. The van der Waals surface area contributed by atoms with Crippen LogP contribution in [0.3, 0.4) is 0 Å². The molecular formula is C24H23N5OS. The third-order valence-corrected chi connectivity index (χ3v) is 6.87. The van der Waals surface area contributed by atoms with E-state index in [1.165, 1.54) is 16.9 Å². The smallest absolute Gasteiger partial charge is 0.256 e. The lowest BCUT2D eigenvalue weighted by atomic mass is 9.95. The maximum absolute atomic E-state index is 13.0. The van der Waals surface area contributed by atoms with Gasteiger partial charge in [-0.1, -0.05) is 0 Å². The van der Waals surface area contributed by atoms with Crippen molar-refractivity contribution in [2.24, 2.45) is 0 Å². The SMILES string of the molecule is CNc1cc2ncc(-c3cc(NC(=O)c4csc5c4CCCC5)cnc3C)cc2cn1. The van der Waals surface area contributed by atoms with Crippen LogP contribution in [0.5, 0.6) is 0 Å². The van der Waals surface area contributed by atoms with Gasteiger partial charge >= 0.3 is 0 Å². The van der Waals surface area contributed by atoms with E-state index < -0.39 is 0 Å². The molecule has 4 heterocycles. The topological polar surface area (TPSA) is 79.8 Å². The van der Waals surface area contributed by atoms with Gasteiger partial charge in [0.25, 0.3) is 5.91 Å². The molecule has 1 amide bonds. The number of nitrogens with zero attached hydrogens (tertiary/aromatic N) is 3. The first-order valence-electron chi connectivity index (χ1n) is 10.4. The molecule has 0 aliphatic heterocycles. The fourth-order valence-electron chi connectivity index (χ4n) is 4.08. The van der Waals surface area contributed by atoms with E-state index in [9.17, 15) is 4.79 Å². The third kappa shape index (κ3) is 3.77. The van der Waals surface area contributed by atoms with Crippen LogP contribution in [0, 0.1) is 6.92 Å². The molecular weight excluding hydrogens is 406 g/mol. The van der Waals surface area contributed by atoms with Crippen molar-refractivity contribution >= 4 is 39.7 Å². The molecule has 156 valence electrons. The van der Waals surface area contributed by atoms with E-state index in [1.54, 1.807) is 17.5 Å². The van der Waals surface area contributed by atoms with Crippen molar-refractivity contribution in [2.75, 3.05) is 17.7 Å². The molecule has 1 aliphatic carbocycles. The molecule has 0 radical (unpaired) electrons. The molecule has 4 aromatic rings. The summed E-state index contributed by atoms with van der Waals surface area (Å²) < 4.78 is 0. The lowest BCUT2D eigenvalue weighted by Gasteiger charge is -2.13. The van der Waals surface area contributed by atoms with E-state index in [1.807, 2.05) is 43.9 Å².